The maximum Gasteiger partial charge on any atom is 0.179 e. The van der Waals surface area contributed by atoms with Gasteiger partial charge in [-0.25, -0.2) is 0 Å². The van der Waals surface area contributed by atoms with Gasteiger partial charge in [0.05, 0.1) is 5.88 Å². The third-order valence-electron chi connectivity index (χ3n) is 2.73. The molecule has 0 amide bonds. The summed E-state index contributed by atoms with van der Waals surface area (Å²) in [5.74, 6) is 0.0884. The molecule has 0 aliphatic heterocycles. The predicted octanol–water partition coefficient (Wildman–Crippen LogP) is 3.33. The van der Waals surface area contributed by atoms with Gasteiger partial charge in [0.15, 0.2) is 5.78 Å². The summed E-state index contributed by atoms with van der Waals surface area (Å²) in [6.07, 6.45) is 2.31. The zero-order valence-corrected chi connectivity index (χ0v) is 10.4. The first-order valence-corrected chi connectivity index (χ1v) is 5.91. The van der Waals surface area contributed by atoms with E-state index in [1.165, 1.54) is 0 Å². The fourth-order valence-corrected chi connectivity index (χ4v) is 1.96. The van der Waals surface area contributed by atoms with Crippen LogP contribution in [0.25, 0.3) is 0 Å². The minimum Gasteiger partial charge on any atom is -0.348 e. The average molecular weight is 228 g/mol. The highest BCUT2D eigenvalue weighted by Gasteiger charge is 2.13. The molecule has 0 atom stereocenters. The van der Waals surface area contributed by atoms with E-state index >= 15 is 0 Å². The second-order valence-corrected chi connectivity index (χ2v) is 4.11. The van der Waals surface area contributed by atoms with Crippen LogP contribution < -0.4 is 0 Å². The van der Waals surface area contributed by atoms with Crippen molar-refractivity contribution in [3.8, 4) is 0 Å². The molecule has 1 heterocycles. The molecule has 0 N–H and O–H groups in total. The molecule has 0 saturated carbocycles. The lowest BCUT2D eigenvalue weighted by molar-refractivity contribution is 0.102. The zero-order valence-electron chi connectivity index (χ0n) is 9.64. The normalized spacial score (nSPS) is 10.7. The minimum atomic E-state index is 0.0208. The van der Waals surface area contributed by atoms with E-state index in [0.29, 0.717) is 0 Å². The van der Waals surface area contributed by atoms with Gasteiger partial charge in [-0.1, -0.05) is 13.3 Å². The fourth-order valence-electron chi connectivity index (χ4n) is 1.82. The summed E-state index contributed by atoms with van der Waals surface area (Å²) < 4.78 is 2.20. The summed E-state index contributed by atoms with van der Waals surface area (Å²) in [5, 5.41) is 0. The highest BCUT2D eigenvalue weighted by molar-refractivity contribution is 6.30. The number of carbonyl (C=O) groups excluding carboxylic acids is 1. The van der Waals surface area contributed by atoms with Gasteiger partial charge in [0.1, 0.15) is 0 Å². The first kappa shape index (κ1) is 12.3. The van der Waals surface area contributed by atoms with Gasteiger partial charge in [0, 0.05) is 23.5 Å². The van der Waals surface area contributed by atoms with E-state index in [4.69, 9.17) is 11.6 Å². The Labute approximate surface area is 96.2 Å². The van der Waals surface area contributed by atoms with Crippen LogP contribution in [0.15, 0.2) is 6.07 Å². The molecule has 3 heteroatoms. The van der Waals surface area contributed by atoms with E-state index < -0.39 is 0 Å². The second-order valence-electron chi connectivity index (χ2n) is 3.85. The SMILES string of the molecule is CCCCn1c(C)cc(C(=O)CCl)c1C. The first-order chi connectivity index (χ1) is 7.11. The zero-order chi connectivity index (χ0) is 11.4. The number of hydrogen-bond donors (Lipinski definition) is 0. The predicted molar refractivity (Wildman–Crippen MR) is 63.9 cm³/mol. The Kier molecular flexibility index (Phi) is 4.40. The van der Waals surface area contributed by atoms with Crippen LogP contribution in [0.1, 0.15) is 41.5 Å². The number of hydrogen-bond acceptors (Lipinski definition) is 1. The second kappa shape index (κ2) is 5.36. The van der Waals surface area contributed by atoms with Crippen molar-refractivity contribution in [1.29, 1.82) is 0 Å². The van der Waals surface area contributed by atoms with E-state index in [9.17, 15) is 4.79 Å². The molecular formula is C12H18ClNO. The molecule has 1 aromatic rings. The summed E-state index contributed by atoms with van der Waals surface area (Å²) in [7, 11) is 0. The summed E-state index contributed by atoms with van der Waals surface area (Å²) in [5.41, 5.74) is 2.97. The van der Waals surface area contributed by atoms with Crippen LogP contribution in [-0.2, 0) is 6.54 Å². The van der Waals surface area contributed by atoms with Crippen LogP contribution >= 0.6 is 11.6 Å². The van der Waals surface area contributed by atoms with E-state index in [-0.39, 0.29) is 11.7 Å². The summed E-state index contributed by atoms with van der Waals surface area (Å²) in [6, 6.07) is 1.94. The number of aromatic nitrogens is 1. The molecule has 2 nitrogen and oxygen atoms in total. The van der Waals surface area contributed by atoms with Crippen LogP contribution in [0.4, 0.5) is 0 Å². The molecule has 0 aliphatic carbocycles. The average Bonchev–Trinajstić information content (AvgIpc) is 2.51. The molecule has 0 fully saturated rings. The molecule has 0 radical (unpaired) electrons. The van der Waals surface area contributed by atoms with Crippen molar-refractivity contribution >= 4 is 17.4 Å². The minimum absolute atomic E-state index is 0.0208. The Hall–Kier alpha value is -0.760. The highest BCUT2D eigenvalue weighted by Crippen LogP contribution is 2.17. The number of ketones is 1. The Bertz CT molecular complexity index is 355. The molecule has 1 rings (SSSR count). The van der Waals surface area contributed by atoms with Crippen LogP contribution in [-0.4, -0.2) is 16.2 Å². The third kappa shape index (κ3) is 2.63. The number of Topliss-reactive ketones (excluding diaryl/α,β-unsaturated/α-hetero) is 1. The van der Waals surface area contributed by atoms with Crippen molar-refractivity contribution in [2.24, 2.45) is 0 Å². The Balaban J connectivity index is 2.98. The van der Waals surface area contributed by atoms with Crippen molar-refractivity contribution in [2.75, 3.05) is 5.88 Å². The van der Waals surface area contributed by atoms with Gasteiger partial charge in [-0.05, 0) is 26.3 Å². The lowest BCUT2D eigenvalue weighted by Gasteiger charge is -2.08. The quantitative estimate of drug-likeness (QED) is 0.559. The van der Waals surface area contributed by atoms with Gasteiger partial charge in [-0.2, -0.15) is 0 Å². The van der Waals surface area contributed by atoms with Crippen LogP contribution in [0, 0.1) is 13.8 Å². The van der Waals surface area contributed by atoms with Crippen molar-refractivity contribution < 1.29 is 4.79 Å². The lowest BCUT2D eigenvalue weighted by Crippen LogP contribution is -2.05. The van der Waals surface area contributed by atoms with Crippen molar-refractivity contribution in [2.45, 2.75) is 40.2 Å². The Morgan fingerprint density at radius 1 is 1.47 bits per heavy atom. The number of rotatable bonds is 5. The standard InChI is InChI=1S/C12H18ClNO/c1-4-5-6-14-9(2)7-11(10(14)3)12(15)8-13/h7H,4-6,8H2,1-3H3. The van der Waals surface area contributed by atoms with Gasteiger partial charge in [0.25, 0.3) is 0 Å². The Morgan fingerprint density at radius 3 is 2.67 bits per heavy atom. The number of halogens is 1. The fraction of sp³-hybridized carbons (Fsp3) is 0.583. The Morgan fingerprint density at radius 2 is 2.13 bits per heavy atom. The number of alkyl halides is 1. The smallest absolute Gasteiger partial charge is 0.179 e. The molecule has 0 saturated heterocycles. The maximum absolute atomic E-state index is 11.5. The third-order valence-corrected chi connectivity index (χ3v) is 2.97. The largest absolute Gasteiger partial charge is 0.348 e. The van der Waals surface area contributed by atoms with Gasteiger partial charge in [0.2, 0.25) is 0 Å². The summed E-state index contributed by atoms with van der Waals surface area (Å²) in [6.45, 7) is 7.18. The molecule has 84 valence electrons. The monoisotopic (exact) mass is 227 g/mol. The van der Waals surface area contributed by atoms with Gasteiger partial charge in [-0.3, -0.25) is 4.79 Å². The van der Waals surface area contributed by atoms with Gasteiger partial charge >= 0.3 is 0 Å². The van der Waals surface area contributed by atoms with Gasteiger partial charge in [-0.15, -0.1) is 11.6 Å². The number of aryl methyl sites for hydroxylation is 1. The molecule has 0 bridgehead atoms. The molecule has 0 unspecified atom stereocenters. The first-order valence-electron chi connectivity index (χ1n) is 5.37. The molecule has 0 aromatic carbocycles. The van der Waals surface area contributed by atoms with Crippen molar-refractivity contribution in [1.82, 2.24) is 4.57 Å². The van der Waals surface area contributed by atoms with Crippen molar-refractivity contribution in [3.63, 3.8) is 0 Å². The van der Waals surface area contributed by atoms with E-state index in [1.807, 2.05) is 19.9 Å². The number of nitrogens with zero attached hydrogens (tertiary/aromatic N) is 1. The molecule has 0 aliphatic rings. The van der Waals surface area contributed by atoms with E-state index in [1.54, 1.807) is 0 Å². The molecule has 15 heavy (non-hydrogen) atoms. The number of carbonyl (C=O) groups is 1. The lowest BCUT2D eigenvalue weighted by atomic mass is 10.2. The number of unbranched alkanes of at least 4 members (excludes halogenated alkanes) is 1. The maximum atomic E-state index is 11.5. The van der Waals surface area contributed by atoms with E-state index in [2.05, 4.69) is 11.5 Å². The van der Waals surface area contributed by atoms with Crippen LogP contribution in [0.5, 0.6) is 0 Å². The molecule has 0 spiro atoms. The van der Waals surface area contributed by atoms with E-state index in [0.717, 1.165) is 36.3 Å². The van der Waals surface area contributed by atoms with Gasteiger partial charge < -0.3 is 4.57 Å². The van der Waals surface area contributed by atoms with Crippen LogP contribution in [0.3, 0.4) is 0 Å². The summed E-state index contributed by atoms with van der Waals surface area (Å²) >= 11 is 5.57. The molecular weight excluding hydrogens is 210 g/mol. The van der Waals surface area contributed by atoms with Crippen LogP contribution in [0.2, 0.25) is 0 Å². The van der Waals surface area contributed by atoms with Crippen molar-refractivity contribution in [3.05, 3.63) is 23.0 Å². The highest BCUT2D eigenvalue weighted by atomic mass is 35.5. The summed E-state index contributed by atoms with van der Waals surface area (Å²) in [4.78, 5) is 11.5. The topological polar surface area (TPSA) is 22.0 Å². The molecule has 1 aromatic heterocycles.